The van der Waals surface area contributed by atoms with Crippen molar-refractivity contribution < 1.29 is 22.7 Å². The maximum absolute atomic E-state index is 13.1. The molecule has 2 aromatic rings. The summed E-state index contributed by atoms with van der Waals surface area (Å²) in [6.07, 6.45) is 0. The number of aliphatic carboxylic acids is 1. The average molecular weight is 427 g/mol. The van der Waals surface area contributed by atoms with Gasteiger partial charge in [0.05, 0.1) is 25.7 Å². The Morgan fingerprint density at radius 1 is 1.08 bits per heavy atom. The van der Waals surface area contributed by atoms with Crippen LogP contribution >= 0.6 is 34.8 Å². The van der Waals surface area contributed by atoms with E-state index in [9.17, 15) is 22.7 Å². The summed E-state index contributed by atoms with van der Waals surface area (Å²) in [6, 6.07) is 4.81. The van der Waals surface area contributed by atoms with Gasteiger partial charge in [0.2, 0.25) is 0 Å². The van der Waals surface area contributed by atoms with E-state index in [2.05, 4.69) is 0 Å². The van der Waals surface area contributed by atoms with Gasteiger partial charge in [0.15, 0.2) is 0 Å². The van der Waals surface area contributed by atoms with Gasteiger partial charge in [-0.2, -0.15) is 0 Å². The molecule has 5 nitrogen and oxygen atoms in total. The quantitative estimate of drug-likeness (QED) is 0.717. The van der Waals surface area contributed by atoms with E-state index in [-0.39, 0.29) is 25.7 Å². The van der Waals surface area contributed by atoms with Crippen LogP contribution in [0, 0.1) is 5.82 Å². The average Bonchev–Trinajstić information content (AvgIpc) is 2.52. The Labute approximate surface area is 158 Å². The first kappa shape index (κ1) is 19.8. The van der Waals surface area contributed by atoms with Gasteiger partial charge in [-0.25, -0.2) is 17.6 Å². The fraction of sp³-hybridized carbons (Fsp3) is 0.133. The zero-order valence-corrected chi connectivity index (χ0v) is 15.7. The molecule has 0 aliphatic heterocycles. The van der Waals surface area contributed by atoms with Crippen LogP contribution in [-0.2, 0) is 14.8 Å². The van der Waals surface area contributed by atoms with Crippen LogP contribution in [0.2, 0.25) is 15.1 Å². The zero-order valence-electron chi connectivity index (χ0n) is 12.6. The Hall–Kier alpha value is -1.54. The molecule has 0 aromatic heterocycles. The van der Waals surface area contributed by atoms with Gasteiger partial charge in [0, 0.05) is 0 Å². The van der Waals surface area contributed by atoms with E-state index in [0.29, 0.717) is 4.31 Å². The summed E-state index contributed by atoms with van der Waals surface area (Å²) in [5.74, 6) is -2.04. The minimum Gasteiger partial charge on any atom is -0.480 e. The minimum absolute atomic E-state index is 0.00189. The smallest absolute Gasteiger partial charge is 0.327 e. The lowest BCUT2D eigenvalue weighted by molar-refractivity contribution is -0.137. The first-order chi connectivity index (χ1) is 11.6. The fourth-order valence-corrected chi connectivity index (χ4v) is 4.35. The minimum atomic E-state index is -4.37. The number of benzene rings is 2. The largest absolute Gasteiger partial charge is 0.480 e. The summed E-state index contributed by atoms with van der Waals surface area (Å²) in [6.45, 7) is 1.17. The molecule has 0 saturated carbocycles. The monoisotopic (exact) mass is 425 g/mol. The third-order valence-corrected chi connectivity index (χ3v) is 6.23. The van der Waals surface area contributed by atoms with Gasteiger partial charge >= 0.3 is 5.97 Å². The van der Waals surface area contributed by atoms with Gasteiger partial charge in [0.25, 0.3) is 10.0 Å². The number of nitrogens with zero attached hydrogens (tertiary/aromatic N) is 1. The lowest BCUT2D eigenvalue weighted by Gasteiger charge is -2.29. The van der Waals surface area contributed by atoms with Crippen LogP contribution < -0.4 is 4.31 Å². The van der Waals surface area contributed by atoms with Crippen LogP contribution in [0.4, 0.5) is 10.1 Å². The summed E-state index contributed by atoms with van der Waals surface area (Å²) in [4.78, 5) is 11.1. The number of hydrogen-bond donors (Lipinski definition) is 1. The Kier molecular flexibility index (Phi) is 5.83. The molecule has 0 amide bonds. The van der Waals surface area contributed by atoms with Crippen LogP contribution in [0.1, 0.15) is 6.92 Å². The zero-order chi connectivity index (χ0) is 18.9. The highest BCUT2D eigenvalue weighted by Crippen LogP contribution is 2.38. The van der Waals surface area contributed by atoms with Crippen molar-refractivity contribution in [1.82, 2.24) is 0 Å². The van der Waals surface area contributed by atoms with Crippen LogP contribution in [0.5, 0.6) is 0 Å². The molecule has 1 unspecified atom stereocenters. The normalized spacial score (nSPS) is 12.7. The third kappa shape index (κ3) is 4.00. The predicted octanol–water partition coefficient (Wildman–Crippen LogP) is 4.45. The summed E-state index contributed by atoms with van der Waals surface area (Å²) < 4.78 is 39.6. The van der Waals surface area contributed by atoms with Gasteiger partial charge in [0.1, 0.15) is 11.9 Å². The molecule has 0 radical (unpaired) electrons. The molecular weight excluding hydrogens is 416 g/mol. The summed E-state index contributed by atoms with van der Waals surface area (Å²) in [7, 11) is -4.37. The Bertz CT molecular complexity index is 919. The second-order valence-corrected chi connectivity index (χ2v) is 8.02. The second kappa shape index (κ2) is 7.37. The lowest BCUT2D eigenvalue weighted by Crippen LogP contribution is -2.43. The molecule has 1 N–H and O–H groups in total. The molecule has 1 atom stereocenters. The van der Waals surface area contributed by atoms with Crippen molar-refractivity contribution >= 4 is 56.5 Å². The Morgan fingerprint density at radius 2 is 1.60 bits per heavy atom. The molecule has 10 heteroatoms. The topological polar surface area (TPSA) is 74.7 Å². The van der Waals surface area contributed by atoms with E-state index in [4.69, 9.17) is 34.8 Å². The van der Waals surface area contributed by atoms with Crippen LogP contribution in [0.25, 0.3) is 0 Å². The number of carboxylic acid groups (broad SMARTS) is 1. The highest BCUT2D eigenvalue weighted by Gasteiger charge is 2.35. The van der Waals surface area contributed by atoms with Gasteiger partial charge in [-0.1, -0.05) is 34.8 Å². The molecule has 0 saturated heterocycles. The first-order valence-electron chi connectivity index (χ1n) is 6.73. The number of hydrogen-bond acceptors (Lipinski definition) is 3. The maximum atomic E-state index is 13.1. The summed E-state index contributed by atoms with van der Waals surface area (Å²) >= 11 is 17.8. The Balaban J connectivity index is 2.71. The Morgan fingerprint density at radius 3 is 2.12 bits per heavy atom. The van der Waals surface area contributed by atoms with E-state index in [0.717, 1.165) is 30.3 Å². The molecule has 0 heterocycles. The molecule has 0 aliphatic rings. The molecule has 0 spiro atoms. The number of halogens is 4. The van der Waals surface area contributed by atoms with Crippen molar-refractivity contribution in [2.24, 2.45) is 0 Å². The number of sulfonamides is 1. The van der Waals surface area contributed by atoms with Gasteiger partial charge < -0.3 is 5.11 Å². The standard InChI is InChI=1S/C15H11Cl3FNO4S/c1-8(15(21)22)20(14-7-12(17)11(16)6-13(14)18)25(23,24)10-4-2-9(19)3-5-10/h2-8H,1H3,(H,21,22). The number of carboxylic acids is 1. The van der Waals surface area contributed by atoms with Gasteiger partial charge in [-0.3, -0.25) is 4.31 Å². The van der Waals surface area contributed by atoms with Crippen LogP contribution in [0.15, 0.2) is 41.3 Å². The molecule has 0 bridgehead atoms. The second-order valence-electron chi connectivity index (χ2n) is 4.99. The fourth-order valence-electron chi connectivity index (χ4n) is 2.05. The van der Waals surface area contributed by atoms with Crippen molar-refractivity contribution in [2.75, 3.05) is 4.31 Å². The predicted molar refractivity (Wildman–Crippen MR) is 94.6 cm³/mol. The molecule has 0 fully saturated rings. The van der Waals surface area contributed by atoms with Crippen molar-refractivity contribution in [3.05, 3.63) is 57.3 Å². The van der Waals surface area contributed by atoms with E-state index >= 15 is 0 Å². The van der Waals surface area contributed by atoms with E-state index in [1.807, 2.05) is 0 Å². The number of rotatable bonds is 5. The van der Waals surface area contributed by atoms with Gasteiger partial charge in [-0.15, -0.1) is 0 Å². The van der Waals surface area contributed by atoms with Crippen molar-refractivity contribution in [1.29, 1.82) is 0 Å². The number of carbonyl (C=O) groups is 1. The van der Waals surface area contributed by atoms with E-state index in [1.165, 1.54) is 13.0 Å². The van der Waals surface area contributed by atoms with Gasteiger partial charge in [-0.05, 0) is 43.3 Å². The molecule has 134 valence electrons. The van der Waals surface area contributed by atoms with Crippen molar-refractivity contribution in [3.63, 3.8) is 0 Å². The number of anilines is 1. The molecule has 2 rings (SSSR count). The SMILES string of the molecule is CC(C(=O)O)N(c1cc(Cl)c(Cl)cc1Cl)S(=O)(=O)c1ccc(F)cc1. The molecule has 25 heavy (non-hydrogen) atoms. The van der Waals surface area contributed by atoms with Crippen molar-refractivity contribution in [3.8, 4) is 0 Å². The molecular formula is C15H11Cl3FNO4S. The first-order valence-corrected chi connectivity index (χ1v) is 9.30. The molecule has 0 aliphatic carbocycles. The summed E-state index contributed by atoms with van der Waals surface area (Å²) in [5.41, 5.74) is -0.157. The highest BCUT2D eigenvalue weighted by molar-refractivity contribution is 7.93. The summed E-state index contributed by atoms with van der Waals surface area (Å²) in [5, 5.41) is 9.29. The lowest BCUT2D eigenvalue weighted by atomic mass is 10.2. The highest BCUT2D eigenvalue weighted by atomic mass is 35.5. The van der Waals surface area contributed by atoms with E-state index in [1.54, 1.807) is 0 Å². The maximum Gasteiger partial charge on any atom is 0.327 e. The third-order valence-electron chi connectivity index (χ3n) is 3.31. The van der Waals surface area contributed by atoms with E-state index < -0.39 is 27.9 Å². The molecule has 2 aromatic carbocycles. The van der Waals surface area contributed by atoms with Crippen molar-refractivity contribution in [2.45, 2.75) is 17.9 Å². The van der Waals surface area contributed by atoms with Crippen LogP contribution in [0.3, 0.4) is 0 Å². The van der Waals surface area contributed by atoms with Crippen LogP contribution in [-0.4, -0.2) is 25.5 Å².